The van der Waals surface area contributed by atoms with Crippen molar-refractivity contribution in [3.05, 3.63) is 29.8 Å². The predicted molar refractivity (Wildman–Crippen MR) is 81.9 cm³/mol. The van der Waals surface area contributed by atoms with Gasteiger partial charge >= 0.3 is 0 Å². The Hall–Kier alpha value is -1.35. The Labute approximate surface area is 121 Å². The maximum Gasteiger partial charge on any atom is 0.227 e. The van der Waals surface area contributed by atoms with Crippen LogP contribution >= 0.6 is 0 Å². The molecule has 0 radical (unpaired) electrons. The largest absolute Gasteiger partial charge is 0.326 e. The average Bonchev–Trinajstić information content (AvgIpc) is 3.03. The molecule has 1 aliphatic carbocycles. The molecule has 1 heterocycles. The van der Waals surface area contributed by atoms with Crippen molar-refractivity contribution in [2.75, 3.05) is 18.4 Å². The van der Waals surface area contributed by atoms with Crippen molar-refractivity contribution in [1.29, 1.82) is 0 Å². The zero-order chi connectivity index (χ0) is 13.8. The van der Waals surface area contributed by atoms with Gasteiger partial charge in [0.2, 0.25) is 5.91 Å². The van der Waals surface area contributed by atoms with Gasteiger partial charge in [0, 0.05) is 11.6 Å². The van der Waals surface area contributed by atoms with Crippen LogP contribution in [0.4, 0.5) is 5.69 Å². The van der Waals surface area contributed by atoms with Gasteiger partial charge in [-0.25, -0.2) is 0 Å². The van der Waals surface area contributed by atoms with Gasteiger partial charge in [0.15, 0.2) is 0 Å². The van der Waals surface area contributed by atoms with E-state index < -0.39 is 0 Å². The van der Waals surface area contributed by atoms with Crippen molar-refractivity contribution in [2.45, 2.75) is 44.4 Å². The average molecular weight is 272 g/mol. The van der Waals surface area contributed by atoms with E-state index in [0.717, 1.165) is 37.5 Å². The smallest absolute Gasteiger partial charge is 0.227 e. The Kier molecular flexibility index (Phi) is 4.36. The van der Waals surface area contributed by atoms with Gasteiger partial charge in [-0.3, -0.25) is 4.79 Å². The number of nitrogens with one attached hydrogen (secondary N) is 2. The molecule has 1 aromatic rings. The van der Waals surface area contributed by atoms with Crippen LogP contribution in [-0.4, -0.2) is 19.0 Å². The van der Waals surface area contributed by atoms with Gasteiger partial charge in [0.1, 0.15) is 0 Å². The van der Waals surface area contributed by atoms with E-state index >= 15 is 0 Å². The molecule has 0 unspecified atom stereocenters. The van der Waals surface area contributed by atoms with Crippen molar-refractivity contribution >= 4 is 11.6 Å². The van der Waals surface area contributed by atoms with Crippen molar-refractivity contribution in [1.82, 2.24) is 5.32 Å². The van der Waals surface area contributed by atoms with E-state index in [1.165, 1.54) is 31.2 Å². The fourth-order valence-corrected chi connectivity index (χ4v) is 3.43. The first-order valence-electron chi connectivity index (χ1n) is 7.94. The number of hydrogen-bond donors (Lipinski definition) is 2. The molecule has 2 N–H and O–H groups in total. The van der Waals surface area contributed by atoms with Gasteiger partial charge in [0.05, 0.1) is 0 Å². The highest BCUT2D eigenvalue weighted by Crippen LogP contribution is 2.34. The van der Waals surface area contributed by atoms with Crippen molar-refractivity contribution in [3.63, 3.8) is 0 Å². The van der Waals surface area contributed by atoms with Crippen LogP contribution in [-0.2, 0) is 4.79 Å². The van der Waals surface area contributed by atoms with E-state index in [1.54, 1.807) is 0 Å². The fourth-order valence-electron chi connectivity index (χ4n) is 3.43. The number of anilines is 1. The summed E-state index contributed by atoms with van der Waals surface area (Å²) < 4.78 is 0. The Balaban J connectivity index is 1.58. The van der Waals surface area contributed by atoms with Gasteiger partial charge in [-0.2, -0.15) is 0 Å². The van der Waals surface area contributed by atoms with E-state index in [1.807, 2.05) is 0 Å². The normalized spacial score (nSPS) is 21.0. The van der Waals surface area contributed by atoms with Crippen LogP contribution in [0.2, 0.25) is 0 Å². The monoisotopic (exact) mass is 272 g/mol. The van der Waals surface area contributed by atoms with Gasteiger partial charge in [0.25, 0.3) is 0 Å². The second kappa shape index (κ2) is 6.40. The van der Waals surface area contributed by atoms with Crippen LogP contribution in [0.1, 0.15) is 50.0 Å². The van der Waals surface area contributed by atoms with Crippen molar-refractivity contribution in [2.24, 2.45) is 5.92 Å². The molecule has 0 atom stereocenters. The molecule has 20 heavy (non-hydrogen) atoms. The first-order chi connectivity index (χ1) is 9.83. The molecule has 3 heteroatoms. The highest BCUT2D eigenvalue weighted by Gasteiger charge is 2.21. The van der Waals surface area contributed by atoms with Crippen LogP contribution in [0.5, 0.6) is 0 Å². The summed E-state index contributed by atoms with van der Waals surface area (Å²) in [6, 6.07) is 8.50. The van der Waals surface area contributed by atoms with Crippen LogP contribution in [0.15, 0.2) is 24.3 Å². The molecular weight excluding hydrogens is 248 g/mol. The molecule has 108 valence electrons. The summed E-state index contributed by atoms with van der Waals surface area (Å²) in [6.45, 7) is 1.91. The first-order valence-corrected chi connectivity index (χ1v) is 7.94. The number of rotatable bonds is 3. The lowest BCUT2D eigenvalue weighted by Crippen LogP contribution is -2.34. The molecule has 1 saturated carbocycles. The van der Waals surface area contributed by atoms with Crippen LogP contribution in [0.25, 0.3) is 0 Å². The molecule has 0 spiro atoms. The third-order valence-corrected chi connectivity index (χ3v) is 4.71. The van der Waals surface area contributed by atoms with Crippen molar-refractivity contribution in [3.8, 4) is 0 Å². The van der Waals surface area contributed by atoms with E-state index in [9.17, 15) is 4.79 Å². The number of carbonyl (C=O) groups excluding carboxylic acids is 1. The maximum atomic E-state index is 12.2. The van der Waals surface area contributed by atoms with Gasteiger partial charge in [-0.15, -0.1) is 0 Å². The molecule has 0 aromatic heterocycles. The first kappa shape index (κ1) is 13.6. The minimum absolute atomic E-state index is 0.172. The van der Waals surface area contributed by atoms with E-state index in [4.69, 9.17) is 0 Å². The van der Waals surface area contributed by atoms with Crippen molar-refractivity contribution < 1.29 is 4.79 Å². The summed E-state index contributed by atoms with van der Waals surface area (Å²) in [5, 5.41) is 6.35. The van der Waals surface area contributed by atoms with Crippen LogP contribution in [0, 0.1) is 5.92 Å². The SMILES string of the molecule is O=C(Nc1ccc(C2CCCC2)cc1)C1CCNCC1. The summed E-state index contributed by atoms with van der Waals surface area (Å²) in [4.78, 5) is 12.2. The predicted octanol–water partition coefficient (Wildman–Crippen LogP) is 3.28. The minimum Gasteiger partial charge on any atom is -0.326 e. The lowest BCUT2D eigenvalue weighted by atomic mass is 9.96. The lowest BCUT2D eigenvalue weighted by Gasteiger charge is -2.21. The number of carbonyl (C=O) groups is 1. The molecule has 1 saturated heterocycles. The summed E-state index contributed by atoms with van der Waals surface area (Å²) in [6.07, 6.45) is 7.26. The third kappa shape index (κ3) is 3.21. The standard InChI is InChI=1S/C17H24N2O/c20-17(15-9-11-18-12-10-15)19-16-7-5-14(6-8-16)13-3-1-2-4-13/h5-8,13,15,18H,1-4,9-12H2,(H,19,20). The molecule has 2 fully saturated rings. The van der Waals surface area contributed by atoms with Crippen LogP contribution < -0.4 is 10.6 Å². The molecule has 0 bridgehead atoms. The third-order valence-electron chi connectivity index (χ3n) is 4.71. The van der Waals surface area contributed by atoms with Gasteiger partial charge in [-0.1, -0.05) is 25.0 Å². The second-order valence-corrected chi connectivity index (χ2v) is 6.12. The van der Waals surface area contributed by atoms with Gasteiger partial charge in [-0.05, 0) is 62.4 Å². The van der Waals surface area contributed by atoms with E-state index in [0.29, 0.717) is 0 Å². The molecule has 1 amide bonds. The Morgan fingerprint density at radius 1 is 1.00 bits per heavy atom. The molecule has 2 aliphatic rings. The topological polar surface area (TPSA) is 41.1 Å². The molecular formula is C17H24N2O. The highest BCUT2D eigenvalue weighted by molar-refractivity contribution is 5.92. The molecule has 3 rings (SSSR count). The zero-order valence-electron chi connectivity index (χ0n) is 12.0. The highest BCUT2D eigenvalue weighted by atomic mass is 16.1. The van der Waals surface area contributed by atoms with E-state index in [-0.39, 0.29) is 11.8 Å². The summed E-state index contributed by atoms with van der Waals surface area (Å²) in [7, 11) is 0. The number of hydrogen-bond acceptors (Lipinski definition) is 2. The summed E-state index contributed by atoms with van der Waals surface area (Å²) >= 11 is 0. The molecule has 3 nitrogen and oxygen atoms in total. The number of amides is 1. The Morgan fingerprint density at radius 2 is 1.65 bits per heavy atom. The summed E-state index contributed by atoms with van der Waals surface area (Å²) in [5.41, 5.74) is 2.37. The zero-order valence-corrected chi connectivity index (χ0v) is 12.0. The molecule has 1 aliphatic heterocycles. The maximum absolute atomic E-state index is 12.2. The van der Waals surface area contributed by atoms with E-state index in [2.05, 4.69) is 34.9 Å². The Bertz CT molecular complexity index is 443. The Morgan fingerprint density at radius 3 is 2.30 bits per heavy atom. The quantitative estimate of drug-likeness (QED) is 0.886. The molecule has 1 aromatic carbocycles. The minimum atomic E-state index is 0.172. The summed E-state index contributed by atoms with van der Waals surface area (Å²) in [5.74, 6) is 1.09. The second-order valence-electron chi connectivity index (χ2n) is 6.12. The number of piperidine rings is 1. The van der Waals surface area contributed by atoms with Crippen LogP contribution in [0.3, 0.4) is 0 Å². The lowest BCUT2D eigenvalue weighted by molar-refractivity contribution is -0.120. The number of benzene rings is 1. The van der Waals surface area contributed by atoms with Gasteiger partial charge < -0.3 is 10.6 Å². The fraction of sp³-hybridized carbons (Fsp3) is 0.588.